The van der Waals surface area contributed by atoms with Gasteiger partial charge < -0.3 is 4.42 Å². The molecule has 2 heterocycles. The molecule has 2 rings (SSSR count). The van der Waals surface area contributed by atoms with Crippen molar-refractivity contribution in [1.82, 2.24) is 4.98 Å². The fourth-order valence-electron chi connectivity index (χ4n) is 1.66. The van der Waals surface area contributed by atoms with Crippen LogP contribution < -0.4 is 0 Å². The molecular formula is C10H13NO2S. The van der Waals surface area contributed by atoms with Gasteiger partial charge in [0.05, 0.1) is 6.20 Å². The van der Waals surface area contributed by atoms with Crippen LogP contribution in [-0.2, 0) is 5.41 Å². The summed E-state index contributed by atoms with van der Waals surface area (Å²) in [6.07, 6.45) is 4.37. The first-order chi connectivity index (χ1) is 6.74. The van der Waals surface area contributed by atoms with E-state index in [4.69, 9.17) is 4.42 Å². The van der Waals surface area contributed by atoms with Crippen LogP contribution in [-0.4, -0.2) is 22.8 Å². The van der Waals surface area contributed by atoms with Crippen LogP contribution in [0.5, 0.6) is 0 Å². The fourth-order valence-corrected chi connectivity index (χ4v) is 3.05. The standard InChI is InChI=1S/C10H13NO2S/c1-10(2-4-14-5-3-10)9-11-6-8(7-12)13-9/h6-7H,2-5H2,1H3. The number of hydrogen-bond donors (Lipinski definition) is 0. The average Bonchev–Trinajstić information content (AvgIpc) is 2.67. The molecule has 1 aromatic rings. The number of hydrogen-bond acceptors (Lipinski definition) is 4. The van der Waals surface area contributed by atoms with Crippen LogP contribution in [0.1, 0.15) is 36.2 Å². The molecule has 0 N–H and O–H groups in total. The van der Waals surface area contributed by atoms with Crippen LogP contribution >= 0.6 is 11.8 Å². The highest BCUT2D eigenvalue weighted by Gasteiger charge is 2.33. The normalized spacial score (nSPS) is 20.6. The number of carbonyl (C=O) groups is 1. The van der Waals surface area contributed by atoms with E-state index in [0.29, 0.717) is 12.0 Å². The number of nitrogens with zero attached hydrogens (tertiary/aromatic N) is 1. The van der Waals surface area contributed by atoms with Gasteiger partial charge in [0.1, 0.15) is 0 Å². The number of thioether (sulfide) groups is 1. The van der Waals surface area contributed by atoms with Crippen LogP contribution in [0.2, 0.25) is 0 Å². The highest BCUT2D eigenvalue weighted by atomic mass is 32.2. The maximum atomic E-state index is 10.5. The molecule has 1 fully saturated rings. The summed E-state index contributed by atoms with van der Waals surface area (Å²) in [6.45, 7) is 2.16. The Balaban J connectivity index is 2.23. The van der Waals surface area contributed by atoms with Crippen LogP contribution in [0.25, 0.3) is 0 Å². The molecule has 1 aliphatic heterocycles. The maximum absolute atomic E-state index is 10.5. The maximum Gasteiger partial charge on any atom is 0.201 e. The summed E-state index contributed by atoms with van der Waals surface area (Å²) < 4.78 is 5.39. The van der Waals surface area contributed by atoms with Gasteiger partial charge in [-0.2, -0.15) is 11.8 Å². The summed E-state index contributed by atoms with van der Waals surface area (Å²) >= 11 is 1.97. The van der Waals surface area contributed by atoms with Gasteiger partial charge >= 0.3 is 0 Å². The van der Waals surface area contributed by atoms with E-state index in [0.717, 1.165) is 30.2 Å². The van der Waals surface area contributed by atoms with Gasteiger partial charge in [0.15, 0.2) is 12.0 Å². The van der Waals surface area contributed by atoms with E-state index in [2.05, 4.69) is 11.9 Å². The van der Waals surface area contributed by atoms with Crippen molar-refractivity contribution in [3.63, 3.8) is 0 Å². The van der Waals surface area contributed by atoms with Gasteiger partial charge in [0, 0.05) is 5.41 Å². The van der Waals surface area contributed by atoms with E-state index in [1.165, 1.54) is 6.20 Å². The lowest BCUT2D eigenvalue weighted by atomic mass is 9.84. The third-order valence-electron chi connectivity index (χ3n) is 2.75. The number of aromatic nitrogens is 1. The third-order valence-corrected chi connectivity index (χ3v) is 3.74. The largest absolute Gasteiger partial charge is 0.437 e. The first kappa shape index (κ1) is 9.77. The molecule has 0 aromatic carbocycles. The Labute approximate surface area is 87.3 Å². The Bertz CT molecular complexity index is 329. The van der Waals surface area contributed by atoms with E-state index in [9.17, 15) is 4.79 Å². The molecule has 0 aliphatic carbocycles. The Kier molecular flexibility index (Phi) is 2.63. The second-order valence-corrected chi connectivity index (χ2v) is 5.08. The first-order valence-electron chi connectivity index (χ1n) is 4.74. The molecule has 14 heavy (non-hydrogen) atoms. The molecule has 76 valence electrons. The van der Waals surface area contributed by atoms with Crippen molar-refractivity contribution in [3.05, 3.63) is 17.8 Å². The molecule has 0 unspecified atom stereocenters. The van der Waals surface area contributed by atoms with E-state index >= 15 is 0 Å². The van der Waals surface area contributed by atoms with Crippen molar-refractivity contribution in [2.75, 3.05) is 11.5 Å². The molecule has 1 saturated heterocycles. The third kappa shape index (κ3) is 1.71. The second kappa shape index (κ2) is 3.77. The number of aldehydes is 1. The van der Waals surface area contributed by atoms with Crippen molar-refractivity contribution in [2.45, 2.75) is 25.2 Å². The lowest BCUT2D eigenvalue weighted by Gasteiger charge is -2.29. The van der Waals surface area contributed by atoms with E-state index < -0.39 is 0 Å². The highest BCUT2D eigenvalue weighted by Crippen LogP contribution is 2.37. The van der Waals surface area contributed by atoms with Crippen LogP contribution in [0.3, 0.4) is 0 Å². The number of rotatable bonds is 2. The topological polar surface area (TPSA) is 43.1 Å². The fraction of sp³-hybridized carbons (Fsp3) is 0.600. The van der Waals surface area contributed by atoms with E-state index in [-0.39, 0.29) is 5.41 Å². The van der Waals surface area contributed by atoms with Gasteiger partial charge in [-0.1, -0.05) is 6.92 Å². The zero-order valence-corrected chi connectivity index (χ0v) is 8.97. The predicted molar refractivity (Wildman–Crippen MR) is 55.8 cm³/mol. The van der Waals surface area contributed by atoms with Crippen molar-refractivity contribution in [1.29, 1.82) is 0 Å². The molecular weight excluding hydrogens is 198 g/mol. The Morgan fingerprint density at radius 1 is 1.57 bits per heavy atom. The smallest absolute Gasteiger partial charge is 0.201 e. The van der Waals surface area contributed by atoms with Gasteiger partial charge in [-0.25, -0.2) is 4.98 Å². The molecule has 0 bridgehead atoms. The molecule has 0 saturated carbocycles. The summed E-state index contributed by atoms with van der Waals surface area (Å²) in [5.41, 5.74) is 0.0342. The summed E-state index contributed by atoms with van der Waals surface area (Å²) in [6, 6.07) is 0. The minimum Gasteiger partial charge on any atom is -0.437 e. The number of oxazole rings is 1. The number of carbonyl (C=O) groups excluding carboxylic acids is 1. The van der Waals surface area contributed by atoms with Crippen molar-refractivity contribution in [3.8, 4) is 0 Å². The molecule has 0 radical (unpaired) electrons. The van der Waals surface area contributed by atoms with Gasteiger partial charge in [0.25, 0.3) is 0 Å². The zero-order valence-electron chi connectivity index (χ0n) is 8.16. The molecule has 0 atom stereocenters. The summed E-state index contributed by atoms with van der Waals surface area (Å²) in [5.74, 6) is 3.35. The van der Waals surface area contributed by atoms with Gasteiger partial charge in [-0.15, -0.1) is 0 Å². The Morgan fingerprint density at radius 3 is 2.86 bits per heavy atom. The quantitative estimate of drug-likeness (QED) is 0.704. The van der Waals surface area contributed by atoms with Gasteiger partial charge in [-0.05, 0) is 24.3 Å². The summed E-state index contributed by atoms with van der Waals surface area (Å²) in [7, 11) is 0. The molecule has 1 aliphatic rings. The van der Waals surface area contributed by atoms with Gasteiger partial charge in [0.2, 0.25) is 5.89 Å². The van der Waals surface area contributed by atoms with Crippen LogP contribution in [0.4, 0.5) is 0 Å². The highest BCUT2D eigenvalue weighted by molar-refractivity contribution is 7.99. The van der Waals surface area contributed by atoms with Crippen molar-refractivity contribution in [2.24, 2.45) is 0 Å². The molecule has 1 aromatic heterocycles. The lowest BCUT2D eigenvalue weighted by molar-refractivity contribution is 0.109. The molecule has 0 spiro atoms. The summed E-state index contributed by atoms with van der Waals surface area (Å²) in [5, 5.41) is 0. The molecule has 0 amide bonds. The molecule has 3 nitrogen and oxygen atoms in total. The minimum atomic E-state index is 0.0342. The Hall–Kier alpha value is -0.770. The van der Waals surface area contributed by atoms with Gasteiger partial charge in [-0.3, -0.25) is 4.79 Å². The van der Waals surface area contributed by atoms with Crippen LogP contribution in [0, 0.1) is 0 Å². The van der Waals surface area contributed by atoms with Crippen molar-refractivity contribution >= 4 is 18.0 Å². The van der Waals surface area contributed by atoms with Crippen molar-refractivity contribution < 1.29 is 9.21 Å². The molecule has 4 heteroatoms. The van der Waals surface area contributed by atoms with E-state index in [1.807, 2.05) is 11.8 Å². The zero-order chi connectivity index (χ0) is 10.0. The van der Waals surface area contributed by atoms with Crippen LogP contribution in [0.15, 0.2) is 10.6 Å². The second-order valence-electron chi connectivity index (χ2n) is 3.86. The SMILES string of the molecule is CC1(c2ncc(C=O)o2)CCSCC1. The first-order valence-corrected chi connectivity index (χ1v) is 5.89. The minimum absolute atomic E-state index is 0.0342. The average molecular weight is 211 g/mol. The lowest BCUT2D eigenvalue weighted by Crippen LogP contribution is -2.27. The Morgan fingerprint density at radius 2 is 2.29 bits per heavy atom. The predicted octanol–water partition coefficient (Wildman–Crippen LogP) is 2.27. The summed E-state index contributed by atoms with van der Waals surface area (Å²) in [4.78, 5) is 14.6. The monoisotopic (exact) mass is 211 g/mol. The van der Waals surface area contributed by atoms with E-state index in [1.54, 1.807) is 0 Å².